The van der Waals surface area contributed by atoms with Gasteiger partial charge in [0.1, 0.15) is 10.8 Å². The Labute approximate surface area is 193 Å². The predicted octanol–water partition coefficient (Wildman–Crippen LogP) is 3.79. The first-order chi connectivity index (χ1) is 15.5. The zero-order chi connectivity index (χ0) is 22.5. The summed E-state index contributed by atoms with van der Waals surface area (Å²) in [6.45, 7) is 7.86. The number of hydrogen-bond donors (Lipinski definition) is 2. The van der Waals surface area contributed by atoms with Gasteiger partial charge in [0, 0.05) is 23.7 Å². The average molecular weight is 458 g/mol. The Morgan fingerprint density at radius 1 is 1.19 bits per heavy atom. The van der Waals surface area contributed by atoms with Crippen LogP contribution in [0.3, 0.4) is 0 Å². The number of hydrogen-bond acceptors (Lipinski definition) is 6. The highest BCUT2D eigenvalue weighted by Crippen LogP contribution is 2.40. The van der Waals surface area contributed by atoms with E-state index >= 15 is 0 Å². The Kier molecular flexibility index (Phi) is 7.44. The largest absolute Gasteiger partial charge is 0.494 e. The fourth-order valence-electron chi connectivity index (χ4n) is 4.20. The number of benzene rings is 1. The van der Waals surface area contributed by atoms with Gasteiger partial charge in [0.15, 0.2) is 0 Å². The number of nitrogens with one attached hydrogen (secondary N) is 2. The molecule has 1 aromatic carbocycles. The Morgan fingerprint density at radius 3 is 2.66 bits per heavy atom. The molecule has 0 spiro atoms. The average Bonchev–Trinajstić information content (AvgIpc) is 3.12. The van der Waals surface area contributed by atoms with Crippen LogP contribution in [0.1, 0.15) is 41.1 Å². The SMILES string of the molecule is CCOc1ccc(NC(=O)c2c(NC(=O)CN3CCOCC3)sc3c2CC[C@@H](C)C3)cc1. The summed E-state index contributed by atoms with van der Waals surface area (Å²) in [6.07, 6.45) is 2.86. The number of anilines is 2. The quantitative estimate of drug-likeness (QED) is 0.661. The topological polar surface area (TPSA) is 79.9 Å². The van der Waals surface area contributed by atoms with E-state index in [1.807, 2.05) is 31.2 Å². The Bertz CT molecular complexity index is 951. The fraction of sp³-hybridized carbons (Fsp3) is 0.500. The van der Waals surface area contributed by atoms with Gasteiger partial charge in [0.2, 0.25) is 5.91 Å². The summed E-state index contributed by atoms with van der Waals surface area (Å²) in [4.78, 5) is 29.4. The minimum absolute atomic E-state index is 0.0892. The number of carbonyl (C=O) groups excluding carboxylic acids is 2. The third kappa shape index (κ3) is 5.49. The molecule has 7 nitrogen and oxygen atoms in total. The number of ether oxygens (including phenoxy) is 2. The van der Waals surface area contributed by atoms with Crippen molar-refractivity contribution in [3.63, 3.8) is 0 Å². The molecule has 1 aliphatic carbocycles. The molecule has 2 heterocycles. The zero-order valence-electron chi connectivity index (χ0n) is 18.7. The zero-order valence-corrected chi connectivity index (χ0v) is 19.6. The fourth-order valence-corrected chi connectivity index (χ4v) is 5.63. The molecule has 1 saturated heterocycles. The van der Waals surface area contributed by atoms with E-state index in [0.29, 0.717) is 48.5 Å². The number of morpholine rings is 1. The lowest BCUT2D eigenvalue weighted by molar-refractivity contribution is -0.118. The maximum atomic E-state index is 13.3. The Morgan fingerprint density at radius 2 is 1.94 bits per heavy atom. The molecule has 8 heteroatoms. The highest BCUT2D eigenvalue weighted by molar-refractivity contribution is 7.17. The summed E-state index contributed by atoms with van der Waals surface area (Å²) in [5, 5.41) is 6.70. The summed E-state index contributed by atoms with van der Waals surface area (Å²) in [6, 6.07) is 7.35. The number of amides is 2. The second-order valence-electron chi connectivity index (χ2n) is 8.40. The number of nitrogens with zero attached hydrogens (tertiary/aromatic N) is 1. The minimum atomic E-state index is -0.178. The van der Waals surface area contributed by atoms with Crippen molar-refractivity contribution in [2.24, 2.45) is 5.92 Å². The van der Waals surface area contributed by atoms with Gasteiger partial charge in [-0.2, -0.15) is 0 Å². The van der Waals surface area contributed by atoms with Crippen molar-refractivity contribution in [1.29, 1.82) is 0 Å². The van der Waals surface area contributed by atoms with Crippen molar-refractivity contribution in [3.05, 3.63) is 40.3 Å². The lowest BCUT2D eigenvalue weighted by Crippen LogP contribution is -2.41. The van der Waals surface area contributed by atoms with E-state index in [0.717, 1.165) is 43.7 Å². The smallest absolute Gasteiger partial charge is 0.258 e. The van der Waals surface area contributed by atoms with E-state index in [2.05, 4.69) is 22.5 Å². The van der Waals surface area contributed by atoms with E-state index in [1.54, 1.807) is 11.3 Å². The maximum Gasteiger partial charge on any atom is 0.258 e. The summed E-state index contributed by atoms with van der Waals surface area (Å²) in [5.74, 6) is 1.08. The van der Waals surface area contributed by atoms with Crippen LogP contribution in [0, 0.1) is 5.92 Å². The van der Waals surface area contributed by atoms with E-state index in [-0.39, 0.29) is 11.8 Å². The maximum absolute atomic E-state index is 13.3. The van der Waals surface area contributed by atoms with E-state index < -0.39 is 0 Å². The Balaban J connectivity index is 1.52. The van der Waals surface area contributed by atoms with Crippen LogP contribution in [0.25, 0.3) is 0 Å². The molecule has 0 unspecified atom stereocenters. The third-order valence-electron chi connectivity index (χ3n) is 5.89. The number of rotatable bonds is 7. The van der Waals surface area contributed by atoms with Gasteiger partial charge in [0.05, 0.1) is 31.9 Å². The normalized spacial score (nSPS) is 18.6. The number of thiophene rings is 1. The van der Waals surface area contributed by atoms with Crippen LogP contribution in [-0.4, -0.2) is 56.2 Å². The molecular formula is C24H31N3O4S. The van der Waals surface area contributed by atoms with Crippen LogP contribution in [0.5, 0.6) is 5.75 Å². The predicted molar refractivity (Wildman–Crippen MR) is 127 cm³/mol. The lowest BCUT2D eigenvalue weighted by atomic mass is 9.88. The molecule has 1 atom stereocenters. The monoisotopic (exact) mass is 457 g/mol. The first-order valence-electron chi connectivity index (χ1n) is 11.3. The molecule has 0 bridgehead atoms. The summed E-state index contributed by atoms with van der Waals surface area (Å²) >= 11 is 1.55. The Hall–Kier alpha value is -2.42. The molecule has 0 saturated carbocycles. The highest BCUT2D eigenvalue weighted by atomic mass is 32.1. The van der Waals surface area contributed by atoms with Gasteiger partial charge >= 0.3 is 0 Å². The summed E-state index contributed by atoms with van der Waals surface area (Å²) < 4.78 is 10.8. The van der Waals surface area contributed by atoms with Crippen molar-refractivity contribution in [2.45, 2.75) is 33.1 Å². The molecule has 2 amide bonds. The van der Waals surface area contributed by atoms with Gasteiger partial charge in [-0.05, 0) is 61.9 Å². The number of fused-ring (bicyclic) bond motifs is 1. The van der Waals surface area contributed by atoms with Crippen molar-refractivity contribution in [3.8, 4) is 5.75 Å². The van der Waals surface area contributed by atoms with E-state index in [9.17, 15) is 9.59 Å². The second kappa shape index (κ2) is 10.5. The van der Waals surface area contributed by atoms with E-state index in [1.165, 1.54) is 4.88 Å². The number of carbonyl (C=O) groups is 2. The third-order valence-corrected chi connectivity index (χ3v) is 7.06. The second-order valence-corrected chi connectivity index (χ2v) is 9.51. The standard InChI is InChI=1S/C24H31N3O4S/c1-3-31-18-7-5-17(6-8-18)25-23(29)22-19-9-4-16(2)14-20(19)32-24(22)26-21(28)15-27-10-12-30-13-11-27/h5-8,16H,3-4,9-15H2,1-2H3,(H,25,29)(H,26,28)/t16-/m1/s1. The van der Waals surface area contributed by atoms with Crippen LogP contribution in [0.15, 0.2) is 24.3 Å². The van der Waals surface area contributed by atoms with Crippen molar-refractivity contribution >= 4 is 33.8 Å². The van der Waals surface area contributed by atoms with Crippen LogP contribution < -0.4 is 15.4 Å². The first-order valence-corrected chi connectivity index (χ1v) is 12.1. The van der Waals surface area contributed by atoms with Gasteiger partial charge in [0.25, 0.3) is 5.91 Å². The van der Waals surface area contributed by atoms with Crippen LogP contribution in [0.2, 0.25) is 0 Å². The highest BCUT2D eigenvalue weighted by Gasteiger charge is 2.29. The van der Waals surface area contributed by atoms with Gasteiger partial charge in [-0.25, -0.2) is 0 Å². The van der Waals surface area contributed by atoms with Crippen molar-refractivity contribution in [1.82, 2.24) is 4.90 Å². The molecule has 0 radical (unpaired) electrons. The van der Waals surface area contributed by atoms with Crippen molar-refractivity contribution in [2.75, 3.05) is 50.1 Å². The van der Waals surface area contributed by atoms with Gasteiger partial charge in [-0.3, -0.25) is 14.5 Å². The van der Waals surface area contributed by atoms with Crippen LogP contribution in [0.4, 0.5) is 10.7 Å². The molecule has 172 valence electrons. The molecule has 2 aliphatic rings. The van der Waals surface area contributed by atoms with E-state index in [4.69, 9.17) is 9.47 Å². The summed E-state index contributed by atoms with van der Waals surface area (Å²) in [5.41, 5.74) is 2.40. The van der Waals surface area contributed by atoms with Crippen LogP contribution >= 0.6 is 11.3 Å². The van der Waals surface area contributed by atoms with Crippen LogP contribution in [-0.2, 0) is 22.4 Å². The molecule has 1 fully saturated rings. The van der Waals surface area contributed by atoms with Gasteiger partial charge in [-0.1, -0.05) is 6.92 Å². The molecule has 4 rings (SSSR count). The van der Waals surface area contributed by atoms with Crippen molar-refractivity contribution < 1.29 is 19.1 Å². The lowest BCUT2D eigenvalue weighted by Gasteiger charge is -2.25. The summed E-state index contributed by atoms with van der Waals surface area (Å²) in [7, 11) is 0. The molecule has 2 N–H and O–H groups in total. The molecule has 1 aromatic heterocycles. The first kappa shape index (κ1) is 22.8. The molecular weight excluding hydrogens is 426 g/mol. The molecule has 2 aromatic rings. The molecule has 1 aliphatic heterocycles. The van der Waals surface area contributed by atoms with Gasteiger partial charge in [-0.15, -0.1) is 11.3 Å². The van der Waals surface area contributed by atoms with Gasteiger partial charge < -0.3 is 20.1 Å². The molecule has 32 heavy (non-hydrogen) atoms. The minimum Gasteiger partial charge on any atom is -0.494 e.